The van der Waals surface area contributed by atoms with Crippen molar-refractivity contribution in [2.45, 2.75) is 77.8 Å². The molecule has 36 heavy (non-hydrogen) atoms. The average molecular weight is 487 g/mol. The van der Waals surface area contributed by atoms with Gasteiger partial charge in [0.05, 0.1) is 17.4 Å². The fourth-order valence-corrected chi connectivity index (χ4v) is 5.34. The molecule has 2 aromatic carbocycles. The Hall–Kier alpha value is -3.15. The monoisotopic (exact) mass is 486 g/mol. The summed E-state index contributed by atoms with van der Waals surface area (Å²) in [5.41, 5.74) is 4.63. The number of benzene rings is 2. The van der Waals surface area contributed by atoms with Crippen molar-refractivity contribution in [2.24, 2.45) is 5.92 Å². The summed E-state index contributed by atoms with van der Waals surface area (Å²) in [6, 6.07) is 14.1. The van der Waals surface area contributed by atoms with Gasteiger partial charge in [0.25, 0.3) is 5.91 Å². The first kappa shape index (κ1) is 24.5. The van der Waals surface area contributed by atoms with Crippen molar-refractivity contribution in [3.05, 3.63) is 59.9 Å². The van der Waals surface area contributed by atoms with Crippen LogP contribution in [-0.2, 0) is 17.9 Å². The maximum atomic E-state index is 13.8. The first-order valence-corrected chi connectivity index (χ1v) is 13.8. The zero-order chi connectivity index (χ0) is 24.9. The van der Waals surface area contributed by atoms with Crippen LogP contribution in [0.4, 0.5) is 5.69 Å². The van der Waals surface area contributed by atoms with Crippen molar-refractivity contribution in [3.63, 3.8) is 0 Å². The molecule has 0 radical (unpaired) electrons. The van der Waals surface area contributed by atoms with Gasteiger partial charge in [0.1, 0.15) is 0 Å². The molecule has 1 fully saturated rings. The molecule has 0 unspecified atom stereocenters. The van der Waals surface area contributed by atoms with Gasteiger partial charge in [-0.15, -0.1) is 0 Å². The molecular weight excluding hydrogens is 448 g/mol. The minimum absolute atomic E-state index is 0.0340. The zero-order valence-corrected chi connectivity index (χ0v) is 21.5. The van der Waals surface area contributed by atoms with Crippen LogP contribution in [0.3, 0.4) is 0 Å². The van der Waals surface area contributed by atoms with E-state index in [4.69, 9.17) is 0 Å². The predicted molar refractivity (Wildman–Crippen MR) is 144 cm³/mol. The molecule has 6 heteroatoms. The van der Waals surface area contributed by atoms with Gasteiger partial charge in [0.15, 0.2) is 0 Å². The number of hydrogen-bond acceptors (Lipinski definition) is 3. The summed E-state index contributed by atoms with van der Waals surface area (Å²) in [6.45, 7) is 5.05. The lowest BCUT2D eigenvalue weighted by Crippen LogP contribution is -2.36. The van der Waals surface area contributed by atoms with Crippen molar-refractivity contribution in [1.29, 1.82) is 0 Å². The van der Waals surface area contributed by atoms with Gasteiger partial charge in [-0.3, -0.25) is 9.59 Å². The summed E-state index contributed by atoms with van der Waals surface area (Å²) >= 11 is 0. The third kappa shape index (κ3) is 5.48. The van der Waals surface area contributed by atoms with Crippen LogP contribution in [0, 0.1) is 5.92 Å². The van der Waals surface area contributed by atoms with Crippen molar-refractivity contribution in [1.82, 2.24) is 14.5 Å². The Labute approximate surface area is 214 Å². The Kier molecular flexibility index (Phi) is 7.69. The van der Waals surface area contributed by atoms with Crippen molar-refractivity contribution in [2.75, 3.05) is 18.0 Å². The first-order chi connectivity index (χ1) is 17.7. The smallest absolute Gasteiger partial charge is 0.254 e. The normalized spacial score (nSPS) is 17.7. The molecule has 0 bridgehead atoms. The molecular formula is C30H38N4O2. The lowest BCUT2D eigenvalue weighted by molar-refractivity contribution is -0.119. The van der Waals surface area contributed by atoms with E-state index in [1.54, 1.807) is 0 Å². The van der Waals surface area contributed by atoms with Crippen LogP contribution in [0.25, 0.3) is 11.0 Å². The Morgan fingerprint density at radius 2 is 1.69 bits per heavy atom. The standard InChI is InChI=1S/C30H38N4O2/c1-2-17-33-22-31-26-20-24(15-16-28(26)33)29(35)32-18-9-5-3-4-6-10-19-34(30(36)23-13-14-23)27-12-8-7-11-25(27)21-32/h7-8,11-12,15-16,20,22-23H,2-6,9-10,13-14,17-19,21H2,1H3. The quantitative estimate of drug-likeness (QED) is 0.442. The summed E-state index contributed by atoms with van der Waals surface area (Å²) < 4.78 is 2.14. The van der Waals surface area contributed by atoms with E-state index in [2.05, 4.69) is 28.6 Å². The largest absolute Gasteiger partial charge is 0.334 e. The van der Waals surface area contributed by atoms with Crippen LogP contribution in [-0.4, -0.2) is 39.4 Å². The Bertz CT molecular complexity index is 1210. The second-order valence-corrected chi connectivity index (χ2v) is 10.4. The van der Waals surface area contributed by atoms with Crippen molar-refractivity contribution in [3.8, 4) is 0 Å². The lowest BCUT2D eigenvalue weighted by atomic mass is 10.1. The summed E-state index contributed by atoms with van der Waals surface area (Å²) in [5.74, 6) is 0.459. The number of hydrogen-bond donors (Lipinski definition) is 0. The molecule has 1 aliphatic carbocycles. The number of aryl methyl sites for hydroxylation is 1. The second-order valence-electron chi connectivity index (χ2n) is 10.4. The fraction of sp³-hybridized carbons (Fsp3) is 0.500. The van der Waals surface area contributed by atoms with E-state index >= 15 is 0 Å². The fourth-order valence-electron chi connectivity index (χ4n) is 5.34. The van der Waals surface area contributed by atoms with E-state index in [9.17, 15) is 9.59 Å². The molecule has 5 rings (SSSR count). The maximum Gasteiger partial charge on any atom is 0.254 e. The SMILES string of the molecule is CCCn1cnc2cc(C(=O)N3CCCCCCCCN(C(=O)C4CC4)c4ccccc4C3)ccc21. The molecule has 2 heterocycles. The molecule has 2 aliphatic rings. The van der Waals surface area contributed by atoms with Crippen LogP contribution < -0.4 is 4.90 Å². The molecule has 1 aromatic heterocycles. The van der Waals surface area contributed by atoms with E-state index in [0.717, 1.165) is 80.3 Å². The average Bonchev–Trinajstić information content (AvgIpc) is 3.67. The number of amides is 2. The van der Waals surface area contributed by atoms with Crippen LogP contribution in [0.2, 0.25) is 0 Å². The summed E-state index contributed by atoms with van der Waals surface area (Å²) in [4.78, 5) is 35.6. The number of para-hydroxylation sites is 1. The Morgan fingerprint density at radius 3 is 2.47 bits per heavy atom. The summed E-state index contributed by atoms with van der Waals surface area (Å²) in [5, 5.41) is 0. The van der Waals surface area contributed by atoms with Gasteiger partial charge < -0.3 is 14.4 Å². The number of nitrogens with zero attached hydrogens (tertiary/aromatic N) is 4. The molecule has 0 spiro atoms. The van der Waals surface area contributed by atoms with Gasteiger partial charge >= 0.3 is 0 Å². The molecule has 2 amide bonds. The van der Waals surface area contributed by atoms with Crippen molar-refractivity contribution >= 4 is 28.5 Å². The highest BCUT2D eigenvalue weighted by Gasteiger charge is 2.34. The van der Waals surface area contributed by atoms with Crippen LogP contribution in [0.5, 0.6) is 0 Å². The lowest BCUT2D eigenvalue weighted by Gasteiger charge is -2.28. The van der Waals surface area contributed by atoms with Crippen LogP contribution >= 0.6 is 0 Å². The second kappa shape index (κ2) is 11.3. The Balaban J connectivity index is 1.45. The third-order valence-electron chi connectivity index (χ3n) is 7.52. The molecule has 0 atom stereocenters. The number of carbonyl (C=O) groups excluding carboxylic acids is 2. The third-order valence-corrected chi connectivity index (χ3v) is 7.52. The highest BCUT2D eigenvalue weighted by Crippen LogP contribution is 2.34. The van der Waals surface area contributed by atoms with Gasteiger partial charge in [0, 0.05) is 43.3 Å². The minimum atomic E-state index is 0.0340. The maximum absolute atomic E-state index is 13.8. The van der Waals surface area contributed by atoms with E-state index in [0.29, 0.717) is 18.7 Å². The van der Waals surface area contributed by atoms with Gasteiger partial charge in [-0.25, -0.2) is 4.98 Å². The number of fused-ring (bicyclic) bond motifs is 2. The predicted octanol–water partition coefficient (Wildman–Crippen LogP) is 6.19. The number of carbonyl (C=O) groups is 2. The van der Waals surface area contributed by atoms with E-state index in [1.165, 1.54) is 12.8 Å². The van der Waals surface area contributed by atoms with Gasteiger partial charge in [-0.05, 0) is 61.9 Å². The van der Waals surface area contributed by atoms with Crippen LogP contribution in [0.15, 0.2) is 48.8 Å². The number of imidazole rings is 1. The molecule has 3 aromatic rings. The molecule has 1 aliphatic heterocycles. The first-order valence-electron chi connectivity index (χ1n) is 13.8. The molecule has 190 valence electrons. The van der Waals surface area contributed by atoms with Gasteiger partial charge in [0.2, 0.25) is 5.91 Å². The number of rotatable bonds is 4. The minimum Gasteiger partial charge on any atom is -0.334 e. The molecule has 0 N–H and O–H groups in total. The van der Waals surface area contributed by atoms with E-state index < -0.39 is 0 Å². The van der Waals surface area contributed by atoms with Crippen LogP contribution in [0.1, 0.15) is 80.6 Å². The van der Waals surface area contributed by atoms with Gasteiger partial charge in [-0.2, -0.15) is 0 Å². The highest BCUT2D eigenvalue weighted by molar-refractivity contribution is 5.98. The topological polar surface area (TPSA) is 58.4 Å². The Morgan fingerprint density at radius 1 is 0.944 bits per heavy atom. The van der Waals surface area contributed by atoms with Gasteiger partial charge in [-0.1, -0.05) is 50.8 Å². The van der Waals surface area contributed by atoms with E-state index in [1.807, 2.05) is 46.5 Å². The molecule has 1 saturated carbocycles. The number of anilines is 1. The number of aromatic nitrogens is 2. The molecule has 0 saturated heterocycles. The zero-order valence-electron chi connectivity index (χ0n) is 21.5. The van der Waals surface area contributed by atoms with Crippen molar-refractivity contribution < 1.29 is 9.59 Å². The van der Waals surface area contributed by atoms with E-state index in [-0.39, 0.29) is 17.7 Å². The summed E-state index contributed by atoms with van der Waals surface area (Å²) in [7, 11) is 0. The summed E-state index contributed by atoms with van der Waals surface area (Å²) in [6.07, 6.45) is 11.5. The molecule has 6 nitrogen and oxygen atoms in total. The highest BCUT2D eigenvalue weighted by atomic mass is 16.2.